The molecule has 24 heavy (non-hydrogen) atoms. The summed E-state index contributed by atoms with van der Waals surface area (Å²) < 4.78 is 5.62. The molecule has 2 aromatic rings. The third kappa shape index (κ3) is 3.79. The van der Waals surface area contributed by atoms with Crippen LogP contribution in [0.5, 0.6) is 0 Å². The summed E-state index contributed by atoms with van der Waals surface area (Å²) in [4.78, 5) is 23.5. The smallest absolute Gasteiger partial charge is 0.311 e. The molecular weight excluding hydrogens is 346 g/mol. The lowest BCUT2D eigenvalue weighted by Crippen LogP contribution is -2.15. The molecule has 7 heteroatoms. The predicted octanol–water partition coefficient (Wildman–Crippen LogP) is 3.95. The molecule has 0 spiro atoms. The number of benzene rings is 1. The van der Waals surface area contributed by atoms with Crippen LogP contribution in [-0.2, 0) is 11.2 Å². The third-order valence-electron chi connectivity index (χ3n) is 3.63. The number of hydrogen-bond donors (Lipinski definition) is 2. The summed E-state index contributed by atoms with van der Waals surface area (Å²) in [6.45, 7) is 1.73. The van der Waals surface area contributed by atoms with E-state index in [0.29, 0.717) is 21.4 Å². The normalized spacial score (nSPS) is 14.7. The molecule has 2 heterocycles. The summed E-state index contributed by atoms with van der Waals surface area (Å²) in [5, 5.41) is 11.8. The van der Waals surface area contributed by atoms with Gasteiger partial charge in [0, 0.05) is 22.8 Å². The van der Waals surface area contributed by atoms with Crippen LogP contribution in [0, 0.1) is 6.92 Å². The summed E-state index contributed by atoms with van der Waals surface area (Å²) in [6, 6.07) is 7.79. The van der Waals surface area contributed by atoms with Crippen LogP contribution < -0.4 is 5.32 Å². The monoisotopic (exact) mass is 363 g/mol. The van der Waals surface area contributed by atoms with E-state index in [-0.39, 0.29) is 18.1 Å². The highest BCUT2D eigenvalue weighted by Crippen LogP contribution is 2.45. The van der Waals surface area contributed by atoms with Crippen molar-refractivity contribution in [2.75, 3.05) is 16.8 Å². The minimum Gasteiger partial charge on any atom is -0.481 e. The minimum absolute atomic E-state index is 0.176. The van der Waals surface area contributed by atoms with Gasteiger partial charge in [-0.3, -0.25) is 9.59 Å². The highest BCUT2D eigenvalue weighted by atomic mass is 32.2. The molecule has 1 aliphatic heterocycles. The Balaban J connectivity index is 1.79. The second kappa shape index (κ2) is 7.36. The minimum atomic E-state index is -1.03. The van der Waals surface area contributed by atoms with Crippen molar-refractivity contribution in [1.82, 2.24) is 0 Å². The van der Waals surface area contributed by atoms with Gasteiger partial charge in [-0.2, -0.15) is 0 Å². The number of furan rings is 1. The van der Waals surface area contributed by atoms with Crippen molar-refractivity contribution in [1.29, 1.82) is 0 Å². The SMILES string of the molecule is Cc1coc(CC(=O)O)c1C(=O)Nc1cccc(C2SCCS2)c1. The zero-order valence-electron chi connectivity index (χ0n) is 13.1. The number of aryl methyl sites for hydroxylation is 1. The van der Waals surface area contributed by atoms with E-state index in [2.05, 4.69) is 11.4 Å². The van der Waals surface area contributed by atoms with Crippen molar-refractivity contribution in [2.45, 2.75) is 17.9 Å². The van der Waals surface area contributed by atoms with Crippen LogP contribution in [0.2, 0.25) is 0 Å². The molecule has 1 aromatic carbocycles. The highest BCUT2D eigenvalue weighted by molar-refractivity contribution is 8.19. The molecule has 1 aliphatic rings. The lowest BCUT2D eigenvalue weighted by atomic mass is 10.1. The van der Waals surface area contributed by atoms with Crippen LogP contribution in [0.25, 0.3) is 0 Å². The highest BCUT2D eigenvalue weighted by Gasteiger charge is 2.22. The Hall–Kier alpha value is -1.86. The Morgan fingerprint density at radius 1 is 1.33 bits per heavy atom. The molecule has 126 valence electrons. The molecule has 1 fully saturated rings. The molecule has 1 aromatic heterocycles. The fraction of sp³-hybridized carbons (Fsp3) is 0.294. The molecule has 0 unspecified atom stereocenters. The van der Waals surface area contributed by atoms with Gasteiger partial charge >= 0.3 is 5.97 Å². The van der Waals surface area contributed by atoms with E-state index in [1.165, 1.54) is 11.8 Å². The van der Waals surface area contributed by atoms with E-state index in [4.69, 9.17) is 9.52 Å². The average Bonchev–Trinajstić information content (AvgIpc) is 3.17. The summed E-state index contributed by atoms with van der Waals surface area (Å²) in [6.07, 6.45) is 1.10. The zero-order valence-corrected chi connectivity index (χ0v) is 14.7. The molecule has 0 saturated carbocycles. The Morgan fingerprint density at radius 2 is 2.08 bits per heavy atom. The average molecular weight is 363 g/mol. The van der Waals surface area contributed by atoms with Crippen LogP contribution >= 0.6 is 23.5 Å². The van der Waals surface area contributed by atoms with E-state index in [1.54, 1.807) is 6.92 Å². The fourth-order valence-electron chi connectivity index (χ4n) is 2.58. The molecule has 5 nitrogen and oxygen atoms in total. The van der Waals surface area contributed by atoms with Gasteiger partial charge in [-0.25, -0.2) is 0 Å². The van der Waals surface area contributed by atoms with Crippen LogP contribution in [0.3, 0.4) is 0 Å². The number of amides is 1. The fourth-order valence-corrected chi connectivity index (χ4v) is 5.42. The van der Waals surface area contributed by atoms with E-state index in [1.807, 2.05) is 41.7 Å². The summed E-state index contributed by atoms with van der Waals surface area (Å²) in [5.41, 5.74) is 2.80. The summed E-state index contributed by atoms with van der Waals surface area (Å²) in [5.74, 6) is 1.07. The molecule has 0 atom stereocenters. The number of carbonyl (C=O) groups excluding carboxylic acids is 1. The number of nitrogens with one attached hydrogen (secondary N) is 1. The van der Waals surface area contributed by atoms with Gasteiger partial charge in [0.25, 0.3) is 5.91 Å². The second-order valence-corrected chi connectivity index (χ2v) is 8.16. The standard InChI is InChI=1S/C17H17NO4S2/c1-10-9-22-13(8-14(19)20)15(10)16(21)18-12-4-2-3-11(7-12)17-23-5-6-24-17/h2-4,7,9,17H,5-6,8H2,1H3,(H,18,21)(H,19,20). The molecule has 0 aliphatic carbocycles. The molecular formula is C17H17NO4S2. The van der Waals surface area contributed by atoms with Crippen LogP contribution in [-0.4, -0.2) is 28.5 Å². The van der Waals surface area contributed by atoms with E-state index >= 15 is 0 Å². The van der Waals surface area contributed by atoms with Crippen LogP contribution in [0.15, 0.2) is 34.9 Å². The summed E-state index contributed by atoms with van der Waals surface area (Å²) in [7, 11) is 0. The maximum atomic E-state index is 12.6. The third-order valence-corrected chi connectivity index (χ3v) is 6.73. The Bertz CT molecular complexity index is 766. The number of thioether (sulfide) groups is 2. The zero-order chi connectivity index (χ0) is 17.1. The van der Waals surface area contributed by atoms with Gasteiger partial charge in [0.05, 0.1) is 16.4 Å². The second-order valence-electron chi connectivity index (χ2n) is 5.44. The Labute approximate surface area is 148 Å². The first-order valence-electron chi connectivity index (χ1n) is 7.48. The van der Waals surface area contributed by atoms with E-state index in [9.17, 15) is 9.59 Å². The first-order valence-corrected chi connectivity index (χ1v) is 9.57. The number of rotatable bonds is 5. The van der Waals surface area contributed by atoms with Gasteiger partial charge in [0.15, 0.2) is 0 Å². The quantitative estimate of drug-likeness (QED) is 0.837. The number of carboxylic acid groups (broad SMARTS) is 1. The van der Waals surface area contributed by atoms with Crippen molar-refractivity contribution in [2.24, 2.45) is 0 Å². The topological polar surface area (TPSA) is 79.5 Å². The van der Waals surface area contributed by atoms with E-state index in [0.717, 1.165) is 11.5 Å². The van der Waals surface area contributed by atoms with Crippen molar-refractivity contribution in [3.8, 4) is 0 Å². The number of carbonyl (C=O) groups is 2. The molecule has 2 N–H and O–H groups in total. The largest absolute Gasteiger partial charge is 0.481 e. The summed E-state index contributed by atoms with van der Waals surface area (Å²) >= 11 is 3.81. The van der Waals surface area contributed by atoms with Crippen molar-refractivity contribution >= 4 is 41.1 Å². The van der Waals surface area contributed by atoms with Gasteiger partial charge in [0.1, 0.15) is 12.2 Å². The number of carboxylic acids is 1. The molecule has 3 rings (SSSR count). The van der Waals surface area contributed by atoms with Crippen LogP contribution in [0.1, 0.15) is 31.8 Å². The van der Waals surface area contributed by atoms with Gasteiger partial charge in [-0.1, -0.05) is 12.1 Å². The Morgan fingerprint density at radius 3 is 2.79 bits per heavy atom. The van der Waals surface area contributed by atoms with Crippen LogP contribution in [0.4, 0.5) is 5.69 Å². The molecule has 1 saturated heterocycles. The van der Waals surface area contributed by atoms with Crippen molar-refractivity contribution in [3.05, 3.63) is 53.0 Å². The van der Waals surface area contributed by atoms with E-state index < -0.39 is 5.97 Å². The van der Waals surface area contributed by atoms with Gasteiger partial charge in [-0.15, -0.1) is 23.5 Å². The van der Waals surface area contributed by atoms with Gasteiger partial charge in [-0.05, 0) is 24.6 Å². The molecule has 0 radical (unpaired) electrons. The lowest BCUT2D eigenvalue weighted by molar-refractivity contribution is -0.136. The number of aliphatic carboxylic acids is 1. The van der Waals surface area contributed by atoms with Gasteiger partial charge in [0.2, 0.25) is 0 Å². The number of hydrogen-bond acceptors (Lipinski definition) is 5. The van der Waals surface area contributed by atoms with Gasteiger partial charge < -0.3 is 14.8 Å². The van der Waals surface area contributed by atoms with Crippen molar-refractivity contribution in [3.63, 3.8) is 0 Å². The lowest BCUT2D eigenvalue weighted by Gasteiger charge is -2.11. The molecule has 0 bridgehead atoms. The number of anilines is 1. The first-order chi connectivity index (χ1) is 11.5. The predicted molar refractivity (Wildman–Crippen MR) is 96.8 cm³/mol. The first kappa shape index (κ1) is 17.0. The Kier molecular flexibility index (Phi) is 5.20. The maximum Gasteiger partial charge on any atom is 0.311 e. The maximum absolute atomic E-state index is 12.6. The molecule has 1 amide bonds. The van der Waals surface area contributed by atoms with Crippen molar-refractivity contribution < 1.29 is 19.1 Å².